The quantitative estimate of drug-likeness (QED) is 0.909. The lowest BCUT2D eigenvalue weighted by Gasteiger charge is -2.05. The molecule has 0 aliphatic carbocycles. The molecule has 1 aromatic carbocycles. The van der Waals surface area contributed by atoms with Crippen molar-refractivity contribution >= 4 is 21.8 Å². The SMILES string of the molecule is O=C(NCc1ccon1)c1ccc(Br)cc1O. The van der Waals surface area contributed by atoms with E-state index in [-0.39, 0.29) is 23.8 Å². The Bertz CT molecular complexity index is 526. The van der Waals surface area contributed by atoms with Crippen LogP contribution in [0, 0.1) is 0 Å². The predicted octanol–water partition coefficient (Wildman–Crippen LogP) is 2.07. The van der Waals surface area contributed by atoms with Gasteiger partial charge in [-0.05, 0) is 18.2 Å². The molecule has 0 atom stereocenters. The molecule has 0 aliphatic heterocycles. The Morgan fingerprint density at radius 1 is 1.47 bits per heavy atom. The Labute approximate surface area is 106 Å². The number of carbonyl (C=O) groups excluding carboxylic acids is 1. The maximum Gasteiger partial charge on any atom is 0.255 e. The van der Waals surface area contributed by atoms with Crippen LogP contribution < -0.4 is 5.32 Å². The van der Waals surface area contributed by atoms with Crippen molar-refractivity contribution in [2.45, 2.75) is 6.54 Å². The van der Waals surface area contributed by atoms with E-state index in [1.165, 1.54) is 18.4 Å². The van der Waals surface area contributed by atoms with Gasteiger partial charge in [-0.25, -0.2) is 0 Å². The number of carbonyl (C=O) groups is 1. The molecule has 17 heavy (non-hydrogen) atoms. The van der Waals surface area contributed by atoms with Crippen LogP contribution in [-0.4, -0.2) is 16.2 Å². The first-order valence-electron chi connectivity index (χ1n) is 4.83. The minimum absolute atomic E-state index is 0.0722. The zero-order chi connectivity index (χ0) is 12.3. The Morgan fingerprint density at radius 3 is 2.94 bits per heavy atom. The summed E-state index contributed by atoms with van der Waals surface area (Å²) in [6, 6.07) is 6.34. The molecule has 2 N–H and O–H groups in total. The van der Waals surface area contributed by atoms with Crippen molar-refractivity contribution in [1.29, 1.82) is 0 Å². The second-order valence-corrected chi connectivity index (χ2v) is 4.25. The van der Waals surface area contributed by atoms with Gasteiger partial charge < -0.3 is 14.9 Å². The zero-order valence-electron chi connectivity index (χ0n) is 8.68. The maximum absolute atomic E-state index is 11.7. The van der Waals surface area contributed by atoms with Crippen LogP contribution in [0.1, 0.15) is 16.1 Å². The number of phenolic OH excluding ortho intramolecular Hbond substituents is 1. The molecule has 0 fully saturated rings. The highest BCUT2D eigenvalue weighted by molar-refractivity contribution is 9.10. The molecule has 0 saturated heterocycles. The second kappa shape index (κ2) is 5.01. The lowest BCUT2D eigenvalue weighted by atomic mass is 10.2. The predicted molar refractivity (Wildman–Crippen MR) is 63.5 cm³/mol. The number of nitrogens with zero attached hydrogens (tertiary/aromatic N) is 1. The van der Waals surface area contributed by atoms with Gasteiger partial charge in [0.15, 0.2) is 0 Å². The smallest absolute Gasteiger partial charge is 0.255 e. The van der Waals surface area contributed by atoms with E-state index in [4.69, 9.17) is 0 Å². The summed E-state index contributed by atoms with van der Waals surface area (Å²) in [5.74, 6) is -0.435. The Balaban J connectivity index is 2.04. The first-order chi connectivity index (χ1) is 8.16. The zero-order valence-corrected chi connectivity index (χ0v) is 10.3. The molecule has 0 saturated carbocycles. The standard InChI is InChI=1S/C11H9BrN2O3/c12-7-1-2-9(10(15)5-7)11(16)13-6-8-3-4-17-14-8/h1-5,15H,6H2,(H,13,16). The molecule has 1 amide bonds. The van der Waals surface area contributed by atoms with Crippen LogP contribution in [0.3, 0.4) is 0 Å². The summed E-state index contributed by atoms with van der Waals surface area (Å²) in [6.45, 7) is 0.255. The summed E-state index contributed by atoms with van der Waals surface area (Å²) < 4.78 is 5.35. The topological polar surface area (TPSA) is 75.4 Å². The maximum atomic E-state index is 11.7. The van der Waals surface area contributed by atoms with E-state index in [0.717, 1.165) is 0 Å². The Hall–Kier alpha value is -1.82. The molecule has 0 bridgehead atoms. The van der Waals surface area contributed by atoms with Crippen LogP contribution in [0.15, 0.2) is 39.5 Å². The summed E-state index contributed by atoms with van der Waals surface area (Å²) in [5, 5.41) is 15.9. The van der Waals surface area contributed by atoms with Crippen LogP contribution in [0.5, 0.6) is 5.75 Å². The van der Waals surface area contributed by atoms with E-state index in [1.54, 1.807) is 12.1 Å². The molecular formula is C11H9BrN2O3. The molecule has 2 aromatic rings. The van der Waals surface area contributed by atoms with Gasteiger partial charge in [0.2, 0.25) is 0 Å². The van der Waals surface area contributed by atoms with Crippen molar-refractivity contribution < 1.29 is 14.4 Å². The van der Waals surface area contributed by atoms with E-state index < -0.39 is 0 Å². The van der Waals surface area contributed by atoms with Crippen molar-refractivity contribution in [3.63, 3.8) is 0 Å². The fourth-order valence-electron chi connectivity index (χ4n) is 1.29. The first-order valence-corrected chi connectivity index (χ1v) is 5.62. The summed E-state index contributed by atoms with van der Waals surface area (Å²) in [7, 11) is 0. The first kappa shape index (κ1) is 11.7. The minimum atomic E-state index is -0.363. The molecule has 5 nitrogen and oxygen atoms in total. The third-order valence-electron chi connectivity index (χ3n) is 2.13. The molecule has 0 spiro atoms. The van der Waals surface area contributed by atoms with E-state index in [9.17, 15) is 9.90 Å². The Kier molecular flexibility index (Phi) is 3.43. The van der Waals surface area contributed by atoms with E-state index in [2.05, 4.69) is 30.9 Å². The number of phenols is 1. The average Bonchev–Trinajstić information content (AvgIpc) is 2.78. The van der Waals surface area contributed by atoms with Crippen molar-refractivity contribution in [2.75, 3.05) is 0 Å². The number of rotatable bonds is 3. The molecule has 0 radical (unpaired) electrons. The number of aromatic nitrogens is 1. The summed E-state index contributed by atoms with van der Waals surface area (Å²) >= 11 is 3.20. The summed E-state index contributed by atoms with van der Waals surface area (Å²) in [4.78, 5) is 11.7. The van der Waals surface area contributed by atoms with Gasteiger partial charge in [0.05, 0.1) is 12.1 Å². The molecule has 6 heteroatoms. The number of amides is 1. The third-order valence-corrected chi connectivity index (χ3v) is 2.62. The fraction of sp³-hybridized carbons (Fsp3) is 0.0909. The van der Waals surface area contributed by atoms with Crippen LogP contribution >= 0.6 is 15.9 Å². The summed E-state index contributed by atoms with van der Waals surface area (Å²) in [6.07, 6.45) is 1.43. The highest BCUT2D eigenvalue weighted by Gasteiger charge is 2.11. The van der Waals surface area contributed by atoms with Crippen LogP contribution in [0.2, 0.25) is 0 Å². The average molecular weight is 297 g/mol. The van der Waals surface area contributed by atoms with Gasteiger partial charge in [-0.15, -0.1) is 0 Å². The van der Waals surface area contributed by atoms with Crippen LogP contribution in [-0.2, 0) is 6.54 Å². The van der Waals surface area contributed by atoms with Crippen molar-refractivity contribution in [1.82, 2.24) is 10.5 Å². The number of halogens is 1. The Morgan fingerprint density at radius 2 is 2.29 bits per heavy atom. The van der Waals surface area contributed by atoms with Gasteiger partial charge in [-0.1, -0.05) is 21.1 Å². The van der Waals surface area contributed by atoms with Gasteiger partial charge in [0, 0.05) is 10.5 Å². The van der Waals surface area contributed by atoms with Crippen molar-refractivity contribution in [3.05, 3.63) is 46.3 Å². The number of hydrogen-bond acceptors (Lipinski definition) is 4. The molecule has 2 rings (SSSR count). The minimum Gasteiger partial charge on any atom is -0.507 e. The van der Waals surface area contributed by atoms with Crippen LogP contribution in [0.4, 0.5) is 0 Å². The third kappa shape index (κ3) is 2.85. The number of aromatic hydroxyl groups is 1. The lowest BCUT2D eigenvalue weighted by molar-refractivity contribution is 0.0947. The summed E-state index contributed by atoms with van der Waals surface area (Å²) in [5.41, 5.74) is 0.839. The monoisotopic (exact) mass is 296 g/mol. The highest BCUT2D eigenvalue weighted by Crippen LogP contribution is 2.22. The molecule has 1 heterocycles. The van der Waals surface area contributed by atoms with Gasteiger partial charge >= 0.3 is 0 Å². The molecule has 0 unspecified atom stereocenters. The largest absolute Gasteiger partial charge is 0.507 e. The molecule has 88 valence electrons. The number of hydrogen-bond donors (Lipinski definition) is 2. The second-order valence-electron chi connectivity index (χ2n) is 3.33. The van der Waals surface area contributed by atoms with Gasteiger partial charge in [0.1, 0.15) is 17.7 Å². The van der Waals surface area contributed by atoms with Crippen molar-refractivity contribution in [3.8, 4) is 5.75 Å². The lowest BCUT2D eigenvalue weighted by Crippen LogP contribution is -2.22. The van der Waals surface area contributed by atoms with E-state index in [1.807, 2.05) is 0 Å². The molecule has 1 aromatic heterocycles. The number of nitrogens with one attached hydrogen (secondary N) is 1. The van der Waals surface area contributed by atoms with E-state index >= 15 is 0 Å². The normalized spacial score (nSPS) is 10.2. The highest BCUT2D eigenvalue weighted by atomic mass is 79.9. The molecule has 0 aliphatic rings. The fourth-order valence-corrected chi connectivity index (χ4v) is 1.64. The number of benzene rings is 1. The molecular weight excluding hydrogens is 288 g/mol. The van der Waals surface area contributed by atoms with E-state index in [0.29, 0.717) is 10.2 Å². The van der Waals surface area contributed by atoms with Crippen LogP contribution in [0.25, 0.3) is 0 Å². The van der Waals surface area contributed by atoms with Gasteiger partial charge in [-0.3, -0.25) is 4.79 Å². The van der Waals surface area contributed by atoms with Gasteiger partial charge in [-0.2, -0.15) is 0 Å². The van der Waals surface area contributed by atoms with Gasteiger partial charge in [0.25, 0.3) is 5.91 Å². The van der Waals surface area contributed by atoms with Crippen molar-refractivity contribution in [2.24, 2.45) is 0 Å².